The quantitative estimate of drug-likeness (QED) is 0.721. The first-order valence-electron chi connectivity index (χ1n) is 10.5. The number of halogens is 1. The predicted octanol–water partition coefficient (Wildman–Crippen LogP) is 1.56. The molecule has 1 spiro atoms. The van der Waals surface area contributed by atoms with E-state index in [9.17, 15) is 18.8 Å². The molecule has 7 heteroatoms. The number of anilines is 1. The fourth-order valence-electron chi connectivity index (χ4n) is 5.67. The summed E-state index contributed by atoms with van der Waals surface area (Å²) in [7, 11) is 0. The minimum Gasteiger partial charge on any atom is -0.326 e. The van der Waals surface area contributed by atoms with Crippen LogP contribution in [0.5, 0.6) is 0 Å². The van der Waals surface area contributed by atoms with Crippen molar-refractivity contribution in [2.75, 3.05) is 5.32 Å². The van der Waals surface area contributed by atoms with Gasteiger partial charge >= 0.3 is 0 Å². The number of quaternary nitrogens is 1. The minimum absolute atomic E-state index is 0.255. The van der Waals surface area contributed by atoms with Gasteiger partial charge in [-0.05, 0) is 44.5 Å². The Balaban J connectivity index is 1.68. The van der Waals surface area contributed by atoms with Crippen LogP contribution in [0.4, 0.5) is 10.1 Å². The molecule has 31 heavy (non-hydrogen) atoms. The number of fused-ring (bicyclic) bond motifs is 4. The third-order valence-electron chi connectivity index (χ3n) is 6.82. The molecule has 5 rings (SSSR count). The number of likely N-dealkylation sites (tertiary alicyclic amines) is 1. The molecule has 0 radical (unpaired) electrons. The molecule has 3 aliphatic heterocycles. The van der Waals surface area contributed by atoms with Crippen molar-refractivity contribution < 1.29 is 24.1 Å². The van der Waals surface area contributed by atoms with E-state index in [0.29, 0.717) is 17.7 Å². The Bertz CT molecular complexity index is 1110. The molecule has 0 bridgehead atoms. The standard InChI is InChI=1S/C24H24FN3O3/c1-23(2,3)28-20(29)18-17(11-13-7-5-4-6-8-13)27-24(19(18)21(28)30)15-12-14(25)9-10-16(15)26-22(24)31/h4-10,12,17-19,27H,11H2,1-3H3,(H,26,31)/p+1/t17-,18-,19+,24+/m1/s1. The van der Waals surface area contributed by atoms with Gasteiger partial charge in [-0.3, -0.25) is 19.3 Å². The number of benzene rings is 2. The molecule has 6 nitrogen and oxygen atoms in total. The molecule has 0 aliphatic carbocycles. The maximum absolute atomic E-state index is 14.2. The number of nitrogens with two attached hydrogens (primary N) is 1. The van der Waals surface area contributed by atoms with Crippen molar-refractivity contribution >= 4 is 23.4 Å². The topological polar surface area (TPSA) is 83.1 Å². The molecule has 3 heterocycles. The van der Waals surface area contributed by atoms with Gasteiger partial charge in [-0.25, -0.2) is 4.39 Å². The van der Waals surface area contributed by atoms with Crippen molar-refractivity contribution in [2.24, 2.45) is 11.8 Å². The summed E-state index contributed by atoms with van der Waals surface area (Å²) in [6, 6.07) is 13.5. The highest BCUT2D eigenvalue weighted by atomic mass is 19.1. The predicted molar refractivity (Wildman–Crippen MR) is 111 cm³/mol. The molecular formula is C24H25FN3O3+. The van der Waals surface area contributed by atoms with Crippen molar-refractivity contribution in [1.82, 2.24) is 4.90 Å². The monoisotopic (exact) mass is 422 g/mol. The Hall–Kier alpha value is -3.06. The molecule has 0 saturated carbocycles. The van der Waals surface area contributed by atoms with E-state index < -0.39 is 28.7 Å². The highest BCUT2D eigenvalue weighted by Gasteiger charge is 2.74. The second-order valence-corrected chi connectivity index (χ2v) is 9.72. The van der Waals surface area contributed by atoms with Gasteiger partial charge in [-0.15, -0.1) is 0 Å². The summed E-state index contributed by atoms with van der Waals surface area (Å²) in [6.07, 6.45) is 0.526. The number of hydrogen-bond acceptors (Lipinski definition) is 3. The van der Waals surface area contributed by atoms with Crippen LogP contribution in [0.1, 0.15) is 31.9 Å². The number of rotatable bonds is 2. The normalized spacial score (nSPS) is 29.5. The minimum atomic E-state index is -1.35. The number of imide groups is 1. The molecule has 160 valence electrons. The fraction of sp³-hybridized carbons (Fsp3) is 0.375. The molecule has 0 unspecified atom stereocenters. The van der Waals surface area contributed by atoms with Crippen LogP contribution >= 0.6 is 0 Å². The Kier molecular flexibility index (Phi) is 4.15. The van der Waals surface area contributed by atoms with Crippen LogP contribution in [0, 0.1) is 17.7 Å². The summed E-state index contributed by atoms with van der Waals surface area (Å²) in [5.41, 5.74) is -0.103. The number of nitrogens with zero attached hydrogens (tertiary/aromatic N) is 1. The lowest BCUT2D eigenvalue weighted by molar-refractivity contribution is -0.733. The number of hydrogen-bond donors (Lipinski definition) is 2. The van der Waals surface area contributed by atoms with Crippen molar-refractivity contribution in [3.05, 3.63) is 65.5 Å². The summed E-state index contributed by atoms with van der Waals surface area (Å²) >= 11 is 0. The van der Waals surface area contributed by atoms with Gasteiger partial charge < -0.3 is 10.6 Å². The highest BCUT2D eigenvalue weighted by Crippen LogP contribution is 2.50. The summed E-state index contributed by atoms with van der Waals surface area (Å²) in [5.74, 6) is -3.00. The molecule has 2 aromatic rings. The third-order valence-corrected chi connectivity index (χ3v) is 6.82. The first-order chi connectivity index (χ1) is 14.6. The molecule has 2 aromatic carbocycles. The third kappa shape index (κ3) is 2.69. The first-order valence-corrected chi connectivity index (χ1v) is 10.5. The van der Waals surface area contributed by atoms with E-state index in [2.05, 4.69) is 5.32 Å². The number of nitrogens with one attached hydrogen (secondary N) is 1. The van der Waals surface area contributed by atoms with Gasteiger partial charge in [0.1, 0.15) is 23.7 Å². The van der Waals surface area contributed by atoms with Crippen LogP contribution < -0.4 is 10.6 Å². The van der Waals surface area contributed by atoms with Crippen LogP contribution in [0.2, 0.25) is 0 Å². The number of carbonyl (C=O) groups excluding carboxylic acids is 3. The Morgan fingerprint density at radius 1 is 1.06 bits per heavy atom. The van der Waals surface area contributed by atoms with Crippen LogP contribution in [0.3, 0.4) is 0 Å². The lowest BCUT2D eigenvalue weighted by atomic mass is 9.76. The summed E-state index contributed by atoms with van der Waals surface area (Å²) in [4.78, 5) is 41.9. The molecule has 4 atom stereocenters. The summed E-state index contributed by atoms with van der Waals surface area (Å²) in [5, 5.41) is 4.66. The lowest BCUT2D eigenvalue weighted by Gasteiger charge is -2.33. The van der Waals surface area contributed by atoms with Gasteiger partial charge in [0.05, 0.1) is 5.69 Å². The van der Waals surface area contributed by atoms with E-state index >= 15 is 0 Å². The van der Waals surface area contributed by atoms with Crippen LogP contribution in [0.25, 0.3) is 0 Å². The largest absolute Gasteiger partial charge is 0.326 e. The van der Waals surface area contributed by atoms with Gasteiger partial charge in [-0.2, -0.15) is 0 Å². The van der Waals surface area contributed by atoms with Crippen molar-refractivity contribution in [3.63, 3.8) is 0 Å². The number of amides is 3. The zero-order valence-electron chi connectivity index (χ0n) is 17.7. The van der Waals surface area contributed by atoms with Crippen LogP contribution in [-0.2, 0) is 26.3 Å². The molecule has 2 fully saturated rings. The molecule has 3 amide bonds. The lowest BCUT2D eigenvalue weighted by Crippen LogP contribution is -2.99. The smallest absolute Gasteiger partial charge is 0.291 e. The Morgan fingerprint density at radius 3 is 2.45 bits per heavy atom. The van der Waals surface area contributed by atoms with Crippen molar-refractivity contribution in [2.45, 2.75) is 44.3 Å². The fourth-order valence-corrected chi connectivity index (χ4v) is 5.67. The van der Waals surface area contributed by atoms with E-state index in [1.54, 1.807) is 0 Å². The van der Waals surface area contributed by atoms with E-state index in [1.165, 1.54) is 23.1 Å². The van der Waals surface area contributed by atoms with Gasteiger partial charge in [0, 0.05) is 17.5 Å². The SMILES string of the molecule is CC(C)(C)N1C(=O)[C@H]2[C@@H](C1=O)[C@]1([NH2+][C@@H]2Cc2ccccc2)C(=O)Nc2ccc(F)cc21. The second kappa shape index (κ2) is 6.47. The average molecular weight is 422 g/mol. The first kappa shape index (κ1) is 19.9. The average Bonchev–Trinajstić information content (AvgIpc) is 3.27. The molecular weight excluding hydrogens is 397 g/mol. The van der Waals surface area contributed by atoms with Crippen LogP contribution in [0.15, 0.2) is 48.5 Å². The maximum atomic E-state index is 14.2. The Labute approximate surface area is 179 Å². The van der Waals surface area contributed by atoms with Gasteiger partial charge in [0.25, 0.3) is 5.91 Å². The van der Waals surface area contributed by atoms with Crippen molar-refractivity contribution in [3.8, 4) is 0 Å². The van der Waals surface area contributed by atoms with E-state index in [4.69, 9.17) is 0 Å². The molecule has 2 saturated heterocycles. The van der Waals surface area contributed by atoms with Crippen molar-refractivity contribution in [1.29, 1.82) is 0 Å². The summed E-state index contributed by atoms with van der Waals surface area (Å²) in [6.45, 7) is 5.44. The zero-order chi connectivity index (χ0) is 22.1. The highest BCUT2D eigenvalue weighted by molar-refractivity contribution is 6.14. The van der Waals surface area contributed by atoms with E-state index in [0.717, 1.165) is 5.56 Å². The molecule has 3 aliphatic rings. The second-order valence-electron chi connectivity index (χ2n) is 9.72. The maximum Gasteiger partial charge on any atom is 0.291 e. The van der Waals surface area contributed by atoms with Gasteiger partial charge in [0.15, 0.2) is 0 Å². The molecule has 0 aromatic heterocycles. The molecule has 3 N–H and O–H groups in total. The van der Waals surface area contributed by atoms with Crippen LogP contribution in [-0.4, -0.2) is 34.2 Å². The Morgan fingerprint density at radius 2 is 1.77 bits per heavy atom. The zero-order valence-corrected chi connectivity index (χ0v) is 17.7. The van der Waals surface area contributed by atoms with Gasteiger partial charge in [0.2, 0.25) is 17.4 Å². The summed E-state index contributed by atoms with van der Waals surface area (Å²) < 4.78 is 14.2. The van der Waals surface area contributed by atoms with E-state index in [-0.39, 0.29) is 23.8 Å². The van der Waals surface area contributed by atoms with Gasteiger partial charge in [-0.1, -0.05) is 30.3 Å². The number of carbonyl (C=O) groups is 3. The van der Waals surface area contributed by atoms with E-state index in [1.807, 2.05) is 56.4 Å².